The van der Waals surface area contributed by atoms with E-state index in [1.165, 1.54) is 81.8 Å². The Morgan fingerprint density at radius 3 is 1.16 bits per heavy atom. The third-order valence-corrected chi connectivity index (χ3v) is 3.73. The van der Waals surface area contributed by atoms with Crippen LogP contribution in [0.4, 0.5) is 0 Å². The van der Waals surface area contributed by atoms with Crippen LogP contribution in [0.15, 0.2) is 0 Å². The van der Waals surface area contributed by atoms with Crippen molar-refractivity contribution in [3.63, 3.8) is 0 Å². The van der Waals surface area contributed by atoms with Gasteiger partial charge in [0.2, 0.25) is 0 Å². The van der Waals surface area contributed by atoms with Gasteiger partial charge in [0.25, 0.3) is 0 Å². The van der Waals surface area contributed by atoms with E-state index in [0.717, 1.165) is 0 Å². The summed E-state index contributed by atoms with van der Waals surface area (Å²) in [5, 5.41) is 0. The SMILES string of the molecule is CC.CCCCCCC[N+](C)(C)CCCCCCC. The standard InChI is InChI=1S/C16H36N.C2H6/c1-5-7-9-11-13-15-17(3,4)16-14-12-10-8-6-2;1-2/h5-16H2,1-4H3;1-2H3/q+1;. The second-order valence-corrected chi connectivity index (χ2v) is 6.21. The Morgan fingerprint density at radius 1 is 0.526 bits per heavy atom. The first-order valence-corrected chi connectivity index (χ1v) is 8.94. The summed E-state index contributed by atoms with van der Waals surface area (Å²) in [7, 11) is 4.80. The lowest BCUT2D eigenvalue weighted by atomic mass is 10.1. The first kappa shape index (κ1) is 21.3. The van der Waals surface area contributed by atoms with Crippen molar-refractivity contribution in [2.75, 3.05) is 27.2 Å². The minimum atomic E-state index is 1.23. The molecule has 0 saturated carbocycles. The van der Waals surface area contributed by atoms with Gasteiger partial charge in [-0.25, -0.2) is 0 Å². The molecule has 0 aromatic heterocycles. The molecule has 0 aliphatic heterocycles. The summed E-state index contributed by atoms with van der Waals surface area (Å²) < 4.78 is 1.23. The van der Waals surface area contributed by atoms with Crippen LogP contribution in [0.1, 0.15) is 91.9 Å². The van der Waals surface area contributed by atoms with Crippen molar-refractivity contribution in [1.29, 1.82) is 0 Å². The number of hydrogen-bond acceptors (Lipinski definition) is 0. The van der Waals surface area contributed by atoms with E-state index < -0.39 is 0 Å². The average Bonchev–Trinajstić information content (AvgIpc) is 2.40. The monoisotopic (exact) mass is 272 g/mol. The largest absolute Gasteiger partial charge is 0.328 e. The van der Waals surface area contributed by atoms with Crippen LogP contribution in [0.5, 0.6) is 0 Å². The van der Waals surface area contributed by atoms with E-state index in [-0.39, 0.29) is 0 Å². The topological polar surface area (TPSA) is 0 Å². The molecular weight excluding hydrogens is 230 g/mol. The Balaban J connectivity index is 0. The third-order valence-electron chi connectivity index (χ3n) is 3.73. The Hall–Kier alpha value is -0.0400. The summed E-state index contributed by atoms with van der Waals surface area (Å²) >= 11 is 0. The molecule has 0 spiro atoms. The van der Waals surface area contributed by atoms with Gasteiger partial charge in [-0.1, -0.05) is 66.2 Å². The molecule has 0 aliphatic rings. The molecule has 19 heavy (non-hydrogen) atoms. The molecule has 0 fully saturated rings. The first-order valence-electron chi connectivity index (χ1n) is 8.94. The Morgan fingerprint density at radius 2 is 0.842 bits per heavy atom. The summed E-state index contributed by atoms with van der Waals surface area (Å²) in [6, 6.07) is 0. The van der Waals surface area contributed by atoms with Crippen LogP contribution in [-0.2, 0) is 0 Å². The molecule has 0 N–H and O–H groups in total. The summed E-state index contributed by atoms with van der Waals surface area (Å²) in [4.78, 5) is 0. The van der Waals surface area contributed by atoms with Gasteiger partial charge in [0.15, 0.2) is 0 Å². The normalized spacial score (nSPS) is 11.1. The van der Waals surface area contributed by atoms with E-state index in [1.807, 2.05) is 13.8 Å². The van der Waals surface area contributed by atoms with Crippen LogP contribution in [0, 0.1) is 0 Å². The Labute approximate surface area is 124 Å². The van der Waals surface area contributed by atoms with Gasteiger partial charge in [-0.3, -0.25) is 0 Å². The van der Waals surface area contributed by atoms with Crippen LogP contribution in [-0.4, -0.2) is 31.7 Å². The quantitative estimate of drug-likeness (QED) is 0.300. The second kappa shape index (κ2) is 16.0. The van der Waals surface area contributed by atoms with E-state index in [1.54, 1.807) is 0 Å². The third kappa shape index (κ3) is 18.0. The number of quaternary nitrogens is 1. The van der Waals surface area contributed by atoms with Crippen LogP contribution in [0.25, 0.3) is 0 Å². The highest BCUT2D eigenvalue weighted by atomic mass is 15.3. The fourth-order valence-electron chi connectivity index (χ4n) is 2.40. The van der Waals surface area contributed by atoms with Crippen molar-refractivity contribution >= 4 is 0 Å². The molecular formula is C18H42N+. The minimum Gasteiger partial charge on any atom is -0.328 e. The van der Waals surface area contributed by atoms with Gasteiger partial charge < -0.3 is 4.48 Å². The van der Waals surface area contributed by atoms with Gasteiger partial charge in [-0.05, 0) is 25.7 Å². The summed E-state index contributed by atoms with van der Waals surface area (Å²) in [5.41, 5.74) is 0. The van der Waals surface area contributed by atoms with Crippen LogP contribution in [0.2, 0.25) is 0 Å². The Bertz CT molecular complexity index is 136. The summed E-state index contributed by atoms with van der Waals surface area (Å²) in [5.74, 6) is 0. The maximum atomic E-state index is 2.40. The predicted octanol–water partition coefficient (Wildman–Crippen LogP) is 6.03. The maximum absolute atomic E-state index is 2.40. The fraction of sp³-hybridized carbons (Fsp3) is 1.00. The molecule has 118 valence electrons. The highest BCUT2D eigenvalue weighted by molar-refractivity contribution is 4.45. The number of unbranched alkanes of at least 4 members (excludes halogenated alkanes) is 8. The van der Waals surface area contributed by atoms with E-state index in [2.05, 4.69) is 27.9 Å². The van der Waals surface area contributed by atoms with Crippen molar-refractivity contribution in [2.24, 2.45) is 0 Å². The molecule has 0 aliphatic carbocycles. The number of rotatable bonds is 12. The lowest BCUT2D eigenvalue weighted by molar-refractivity contribution is -0.890. The van der Waals surface area contributed by atoms with E-state index >= 15 is 0 Å². The molecule has 0 radical (unpaired) electrons. The molecule has 0 atom stereocenters. The molecule has 0 heterocycles. The fourth-order valence-corrected chi connectivity index (χ4v) is 2.40. The lowest BCUT2D eigenvalue weighted by Crippen LogP contribution is -2.41. The van der Waals surface area contributed by atoms with E-state index in [9.17, 15) is 0 Å². The van der Waals surface area contributed by atoms with Crippen molar-refractivity contribution in [3.8, 4) is 0 Å². The molecule has 0 aromatic rings. The second-order valence-electron chi connectivity index (χ2n) is 6.21. The average molecular weight is 273 g/mol. The van der Waals surface area contributed by atoms with Gasteiger partial charge in [0.05, 0.1) is 27.2 Å². The zero-order valence-corrected chi connectivity index (χ0v) is 14.9. The number of hydrogen-bond donors (Lipinski definition) is 0. The number of nitrogens with zero attached hydrogens (tertiary/aromatic N) is 1. The molecule has 0 bridgehead atoms. The predicted molar refractivity (Wildman–Crippen MR) is 90.7 cm³/mol. The molecule has 0 saturated heterocycles. The molecule has 0 unspecified atom stereocenters. The van der Waals surface area contributed by atoms with Gasteiger partial charge >= 0.3 is 0 Å². The van der Waals surface area contributed by atoms with Crippen molar-refractivity contribution < 1.29 is 4.48 Å². The smallest absolute Gasteiger partial charge is 0.0782 e. The lowest BCUT2D eigenvalue weighted by Gasteiger charge is -2.30. The van der Waals surface area contributed by atoms with Crippen LogP contribution < -0.4 is 0 Å². The van der Waals surface area contributed by atoms with Crippen LogP contribution >= 0.6 is 0 Å². The van der Waals surface area contributed by atoms with Crippen LogP contribution in [0.3, 0.4) is 0 Å². The Kier molecular flexibility index (Phi) is 17.9. The maximum Gasteiger partial charge on any atom is 0.0782 e. The molecule has 1 heteroatoms. The van der Waals surface area contributed by atoms with E-state index in [4.69, 9.17) is 0 Å². The summed E-state index contributed by atoms with van der Waals surface area (Å²) in [6.07, 6.45) is 14.1. The van der Waals surface area contributed by atoms with Gasteiger partial charge in [-0.15, -0.1) is 0 Å². The van der Waals surface area contributed by atoms with Gasteiger partial charge in [0, 0.05) is 0 Å². The first-order chi connectivity index (χ1) is 9.12. The molecule has 0 rings (SSSR count). The zero-order chi connectivity index (χ0) is 15.0. The van der Waals surface area contributed by atoms with Gasteiger partial charge in [-0.2, -0.15) is 0 Å². The molecule has 0 amide bonds. The van der Waals surface area contributed by atoms with Crippen molar-refractivity contribution in [2.45, 2.75) is 91.9 Å². The highest BCUT2D eigenvalue weighted by Crippen LogP contribution is 2.10. The van der Waals surface area contributed by atoms with Crippen molar-refractivity contribution in [3.05, 3.63) is 0 Å². The minimum absolute atomic E-state index is 1.23. The van der Waals surface area contributed by atoms with E-state index in [0.29, 0.717) is 0 Å². The summed E-state index contributed by atoms with van der Waals surface area (Å²) in [6.45, 7) is 11.3. The molecule has 1 nitrogen and oxygen atoms in total. The van der Waals surface area contributed by atoms with Crippen molar-refractivity contribution in [1.82, 2.24) is 0 Å². The van der Waals surface area contributed by atoms with Gasteiger partial charge in [0.1, 0.15) is 0 Å². The molecule has 0 aromatic carbocycles. The zero-order valence-electron chi connectivity index (χ0n) is 14.9. The highest BCUT2D eigenvalue weighted by Gasteiger charge is 2.13.